The first-order chi connectivity index (χ1) is 14.9. The number of pyridine rings is 1. The van der Waals surface area contributed by atoms with E-state index in [1.165, 1.54) is 0 Å². The van der Waals surface area contributed by atoms with Crippen molar-refractivity contribution in [2.75, 3.05) is 0 Å². The van der Waals surface area contributed by atoms with Crippen LogP contribution in [0.5, 0.6) is 0 Å². The van der Waals surface area contributed by atoms with Gasteiger partial charge in [0.2, 0.25) is 0 Å². The van der Waals surface area contributed by atoms with Gasteiger partial charge in [0.05, 0.1) is 5.56 Å². The Labute approximate surface area is 180 Å². The first kappa shape index (κ1) is 24.8. The van der Waals surface area contributed by atoms with Crippen molar-refractivity contribution >= 4 is 21.2 Å². The van der Waals surface area contributed by atoms with Crippen LogP contribution in [-0.4, -0.2) is 25.8 Å². The molecule has 178 valence electrons. The highest BCUT2D eigenvalue weighted by molar-refractivity contribution is 7.89. The molecule has 0 amide bonds. The van der Waals surface area contributed by atoms with E-state index in [1.807, 2.05) is 0 Å². The zero-order chi connectivity index (χ0) is 25.0. The highest BCUT2D eigenvalue weighted by Crippen LogP contribution is 2.59. The fourth-order valence-corrected chi connectivity index (χ4v) is 3.62. The van der Waals surface area contributed by atoms with Crippen LogP contribution in [0.25, 0.3) is 11.1 Å². The predicted octanol–water partition coefficient (Wildman–Crippen LogP) is 5.34. The second-order valence-corrected chi connectivity index (χ2v) is 8.49. The number of hydrogen-bond donors (Lipinski definition) is 1. The van der Waals surface area contributed by atoms with Crippen molar-refractivity contribution in [3.8, 4) is 0 Å². The van der Waals surface area contributed by atoms with Gasteiger partial charge in [-0.15, -0.1) is 0 Å². The van der Waals surface area contributed by atoms with E-state index < -0.39 is 55.7 Å². The van der Waals surface area contributed by atoms with E-state index in [4.69, 9.17) is 5.14 Å². The number of nitrogens with two attached hydrogens (primary N) is 1. The van der Waals surface area contributed by atoms with Gasteiger partial charge in [-0.25, -0.2) is 18.5 Å². The van der Waals surface area contributed by atoms with Crippen LogP contribution in [0.1, 0.15) is 16.7 Å². The Hall–Kier alpha value is -2.87. The average Bonchev–Trinajstić information content (AvgIpc) is 3.09. The molecular formula is C19H11F9N2O2S. The Kier molecular flexibility index (Phi) is 5.69. The predicted molar refractivity (Wildman–Crippen MR) is 97.6 cm³/mol. The largest absolute Gasteiger partial charge is 0.416 e. The molecule has 4 nitrogen and oxygen atoms in total. The van der Waals surface area contributed by atoms with Gasteiger partial charge in [-0.05, 0) is 53.1 Å². The summed E-state index contributed by atoms with van der Waals surface area (Å²) in [6.45, 7) is 0. The number of rotatable bonds is 3. The Morgan fingerprint density at radius 1 is 0.727 bits per heavy atom. The van der Waals surface area contributed by atoms with E-state index in [2.05, 4.69) is 4.98 Å². The van der Waals surface area contributed by atoms with Gasteiger partial charge in [0, 0.05) is 11.8 Å². The summed E-state index contributed by atoms with van der Waals surface area (Å²) in [6, 6.07) is 4.15. The zero-order valence-corrected chi connectivity index (χ0v) is 16.7. The second-order valence-electron chi connectivity index (χ2n) is 6.99. The number of aromatic nitrogens is 1. The Morgan fingerprint density at radius 3 is 1.55 bits per heavy atom. The Balaban J connectivity index is 2.25. The van der Waals surface area contributed by atoms with Crippen molar-refractivity contribution in [3.63, 3.8) is 0 Å². The lowest BCUT2D eigenvalue weighted by atomic mass is 9.87. The number of alkyl halides is 9. The highest BCUT2D eigenvalue weighted by Gasteiger charge is 2.70. The average molecular weight is 502 g/mol. The molecule has 1 aromatic carbocycles. The van der Waals surface area contributed by atoms with Crippen molar-refractivity contribution in [2.24, 2.45) is 10.6 Å². The minimum atomic E-state index is -5.85. The molecule has 0 saturated carbocycles. The maximum absolute atomic E-state index is 13.7. The molecule has 14 heteroatoms. The summed E-state index contributed by atoms with van der Waals surface area (Å²) in [4.78, 5) is 3.45. The normalized spacial score (nSPS) is 17.0. The summed E-state index contributed by atoms with van der Waals surface area (Å²) in [5.41, 5.74) is -7.62. The third kappa shape index (κ3) is 4.49. The second kappa shape index (κ2) is 7.58. The molecule has 0 radical (unpaired) electrons. The molecule has 0 fully saturated rings. The lowest BCUT2D eigenvalue weighted by Crippen LogP contribution is -2.46. The van der Waals surface area contributed by atoms with Gasteiger partial charge < -0.3 is 0 Å². The van der Waals surface area contributed by atoms with Crippen LogP contribution in [0.4, 0.5) is 39.5 Å². The number of benzene rings is 1. The summed E-state index contributed by atoms with van der Waals surface area (Å²) in [5.74, 6) is 0. The van der Waals surface area contributed by atoms with E-state index in [9.17, 15) is 47.9 Å². The van der Waals surface area contributed by atoms with E-state index in [0.717, 1.165) is 24.3 Å². The van der Waals surface area contributed by atoms with Gasteiger partial charge in [0.1, 0.15) is 0 Å². The molecule has 1 aliphatic rings. The van der Waals surface area contributed by atoms with E-state index >= 15 is 0 Å². The molecule has 0 atom stereocenters. The van der Waals surface area contributed by atoms with Gasteiger partial charge in [-0.1, -0.05) is 12.1 Å². The van der Waals surface area contributed by atoms with Crippen LogP contribution in [-0.2, 0) is 16.2 Å². The van der Waals surface area contributed by atoms with Crippen molar-refractivity contribution in [3.05, 3.63) is 71.4 Å². The number of hydrogen-bond acceptors (Lipinski definition) is 3. The molecule has 3 rings (SSSR count). The smallest absolute Gasteiger partial charge is 0.243 e. The summed E-state index contributed by atoms with van der Waals surface area (Å²) >= 11 is 0. The van der Waals surface area contributed by atoms with E-state index in [0.29, 0.717) is 18.3 Å². The summed E-state index contributed by atoms with van der Waals surface area (Å²) in [5, 5.41) is 4.19. The van der Waals surface area contributed by atoms with Gasteiger partial charge in [0.25, 0.3) is 10.0 Å². The van der Waals surface area contributed by atoms with Crippen molar-refractivity contribution < 1.29 is 47.9 Å². The fraction of sp³-hybridized carbons (Fsp3) is 0.211. The molecule has 1 aromatic heterocycles. The topological polar surface area (TPSA) is 73.1 Å². The van der Waals surface area contributed by atoms with Crippen LogP contribution in [0, 0.1) is 5.41 Å². The van der Waals surface area contributed by atoms with Crippen molar-refractivity contribution in [2.45, 2.75) is 23.6 Å². The monoisotopic (exact) mass is 502 g/mol. The van der Waals surface area contributed by atoms with Crippen LogP contribution in [0.3, 0.4) is 0 Å². The lowest BCUT2D eigenvalue weighted by molar-refractivity contribution is -0.301. The van der Waals surface area contributed by atoms with Gasteiger partial charge in [-0.2, -0.15) is 39.5 Å². The first-order valence-electron chi connectivity index (χ1n) is 8.63. The SMILES string of the molecule is NS(=O)(=O)c1ccc(C2=CC(C(F)(F)F)(C(F)(F)F)C=C2c2ccc(C(F)(F)F)cc2)cn1. The molecule has 2 N–H and O–H groups in total. The fourth-order valence-electron chi connectivity index (χ4n) is 3.16. The van der Waals surface area contributed by atoms with Gasteiger partial charge in [-0.3, -0.25) is 0 Å². The van der Waals surface area contributed by atoms with Crippen molar-refractivity contribution in [1.82, 2.24) is 4.98 Å². The standard InChI is InChI=1S/C19H11F9N2O2S/c20-17(21,22)12-4-1-10(2-5-12)13-7-16(18(23,24)25,19(26,27)28)8-14(13)11-3-6-15(30-9-11)33(29,31)32/h1-9H,(H2,29,31,32). The van der Waals surface area contributed by atoms with Crippen molar-refractivity contribution in [1.29, 1.82) is 0 Å². The van der Waals surface area contributed by atoms with Crippen LogP contribution >= 0.6 is 0 Å². The quantitative estimate of drug-likeness (QED) is 0.576. The molecular weight excluding hydrogens is 491 g/mol. The molecule has 1 aliphatic carbocycles. The molecule has 33 heavy (non-hydrogen) atoms. The maximum Gasteiger partial charge on any atom is 0.416 e. The lowest BCUT2D eigenvalue weighted by Gasteiger charge is -2.30. The molecule has 0 aliphatic heterocycles. The molecule has 0 spiro atoms. The van der Waals surface area contributed by atoms with Crippen LogP contribution in [0.15, 0.2) is 59.8 Å². The number of nitrogens with zero attached hydrogens (tertiary/aromatic N) is 1. The number of halogens is 9. The minimum Gasteiger partial charge on any atom is -0.243 e. The summed E-state index contributed by atoms with van der Waals surface area (Å²) < 4.78 is 143. The van der Waals surface area contributed by atoms with Crippen LogP contribution in [0.2, 0.25) is 0 Å². The zero-order valence-electron chi connectivity index (χ0n) is 15.8. The summed E-state index contributed by atoms with van der Waals surface area (Å²) in [6.07, 6.45) is -16.0. The minimum absolute atomic E-state index is 0.117. The molecule has 2 aromatic rings. The highest BCUT2D eigenvalue weighted by atomic mass is 32.2. The van der Waals surface area contributed by atoms with Gasteiger partial charge in [0.15, 0.2) is 10.4 Å². The Morgan fingerprint density at radius 2 is 1.18 bits per heavy atom. The molecule has 0 saturated heterocycles. The third-order valence-electron chi connectivity index (χ3n) is 4.83. The molecule has 1 heterocycles. The van der Waals surface area contributed by atoms with Crippen LogP contribution < -0.4 is 5.14 Å². The Bertz CT molecular complexity index is 1210. The number of primary sulfonamides is 1. The summed E-state index contributed by atoms with van der Waals surface area (Å²) in [7, 11) is -4.31. The number of sulfonamides is 1. The maximum atomic E-state index is 13.7. The number of allylic oxidation sites excluding steroid dienone is 4. The third-order valence-corrected chi connectivity index (χ3v) is 5.66. The van der Waals surface area contributed by atoms with Gasteiger partial charge >= 0.3 is 18.5 Å². The van der Waals surface area contributed by atoms with E-state index in [1.54, 1.807) is 0 Å². The first-order valence-corrected chi connectivity index (χ1v) is 10.2. The molecule has 0 bridgehead atoms. The van der Waals surface area contributed by atoms with E-state index in [-0.39, 0.29) is 23.3 Å². The molecule has 0 unspecified atom stereocenters.